The van der Waals surface area contributed by atoms with E-state index in [4.69, 9.17) is 23.2 Å². The molecule has 0 spiro atoms. The molecule has 4 aliphatic rings. The fourth-order valence-electron chi connectivity index (χ4n) is 7.70. The van der Waals surface area contributed by atoms with E-state index in [0.29, 0.717) is 21.3 Å². The van der Waals surface area contributed by atoms with Crippen LogP contribution in [-0.2, 0) is 31.6 Å². The molecule has 0 unspecified atom stereocenters. The summed E-state index contributed by atoms with van der Waals surface area (Å²) in [6.45, 7) is 1.08. The average molecular weight is 607 g/mol. The zero-order valence-electron chi connectivity index (χ0n) is 23.2. The molecule has 4 fully saturated rings. The molecule has 4 aliphatic carbocycles. The highest BCUT2D eigenvalue weighted by molar-refractivity contribution is 7.92. The summed E-state index contributed by atoms with van der Waals surface area (Å²) in [6.07, 6.45) is 8.78. The second kappa shape index (κ2) is 11.2. The molecule has 0 radical (unpaired) electrons. The number of anilines is 1. The lowest BCUT2D eigenvalue weighted by Crippen LogP contribution is -2.50. The number of carbonyl (C=O) groups excluding carboxylic acids is 2. The minimum Gasteiger partial charge on any atom is -0.357 e. The molecule has 6 rings (SSSR count). The van der Waals surface area contributed by atoms with Crippen molar-refractivity contribution in [3.05, 3.63) is 63.6 Å². The van der Waals surface area contributed by atoms with Gasteiger partial charge in [0.25, 0.3) is 0 Å². The van der Waals surface area contributed by atoms with Crippen LogP contribution < -0.4 is 9.62 Å². The van der Waals surface area contributed by atoms with Gasteiger partial charge in [0.2, 0.25) is 21.8 Å². The first-order chi connectivity index (χ1) is 18.9. The van der Waals surface area contributed by atoms with Crippen LogP contribution >= 0.6 is 23.2 Å². The smallest absolute Gasteiger partial charge is 0.244 e. The van der Waals surface area contributed by atoms with Crippen LogP contribution in [0.1, 0.15) is 56.6 Å². The molecule has 4 saturated carbocycles. The highest BCUT2D eigenvalue weighted by Gasteiger charge is 2.51. The van der Waals surface area contributed by atoms with E-state index in [1.807, 2.05) is 12.1 Å². The third-order valence-corrected chi connectivity index (χ3v) is 11.1. The first kappa shape index (κ1) is 29.2. The van der Waals surface area contributed by atoms with E-state index in [1.54, 1.807) is 25.1 Å². The molecule has 1 N–H and O–H groups in total. The SMILES string of the molecule is CNC(=O)[C@@H](C)N(Cc1c(Cl)cccc1Cl)C(=O)CN(c1ccc(C23CC4CC(CC(C4)C2)C3)cc1)S(C)(=O)=O. The number of sulfonamides is 1. The largest absolute Gasteiger partial charge is 0.357 e. The molecule has 0 aliphatic heterocycles. The van der Waals surface area contributed by atoms with Gasteiger partial charge in [-0.25, -0.2) is 8.42 Å². The van der Waals surface area contributed by atoms with Crippen LogP contribution in [0, 0.1) is 17.8 Å². The van der Waals surface area contributed by atoms with Crippen LogP contribution in [-0.4, -0.2) is 51.0 Å². The Morgan fingerprint density at radius 3 is 1.98 bits per heavy atom. The van der Waals surface area contributed by atoms with Crippen molar-refractivity contribution in [3.63, 3.8) is 0 Å². The van der Waals surface area contributed by atoms with Gasteiger partial charge in [0.15, 0.2) is 0 Å². The Morgan fingerprint density at radius 1 is 0.975 bits per heavy atom. The van der Waals surface area contributed by atoms with Crippen molar-refractivity contribution in [2.75, 3.05) is 24.2 Å². The minimum atomic E-state index is -3.81. The Hall–Kier alpha value is -2.29. The molecular formula is C30H37Cl2N3O4S. The summed E-state index contributed by atoms with van der Waals surface area (Å²) in [5, 5.41) is 3.27. The number of hydrogen-bond donors (Lipinski definition) is 1. The van der Waals surface area contributed by atoms with E-state index in [-0.39, 0.29) is 17.9 Å². The van der Waals surface area contributed by atoms with Gasteiger partial charge in [-0.3, -0.25) is 13.9 Å². The van der Waals surface area contributed by atoms with Gasteiger partial charge in [0.1, 0.15) is 12.6 Å². The van der Waals surface area contributed by atoms with Crippen LogP contribution in [0.4, 0.5) is 5.69 Å². The molecule has 10 heteroatoms. The van der Waals surface area contributed by atoms with Crippen LogP contribution in [0.5, 0.6) is 0 Å². The number of nitrogens with one attached hydrogen (secondary N) is 1. The van der Waals surface area contributed by atoms with E-state index < -0.39 is 28.5 Å². The molecule has 4 bridgehead atoms. The lowest BCUT2D eigenvalue weighted by molar-refractivity contribution is -0.139. The first-order valence-corrected chi connectivity index (χ1v) is 16.5. The van der Waals surface area contributed by atoms with Crippen molar-refractivity contribution in [3.8, 4) is 0 Å². The summed E-state index contributed by atoms with van der Waals surface area (Å²) in [7, 11) is -2.33. The summed E-state index contributed by atoms with van der Waals surface area (Å²) in [6, 6.07) is 11.9. The molecule has 216 valence electrons. The van der Waals surface area contributed by atoms with Gasteiger partial charge in [-0.1, -0.05) is 41.4 Å². The monoisotopic (exact) mass is 605 g/mol. The van der Waals surface area contributed by atoms with E-state index in [1.165, 1.54) is 56.0 Å². The highest BCUT2D eigenvalue weighted by atomic mass is 35.5. The van der Waals surface area contributed by atoms with Crippen molar-refractivity contribution in [2.45, 2.75) is 63.5 Å². The molecule has 0 heterocycles. The molecule has 2 aromatic rings. The quantitative estimate of drug-likeness (QED) is 0.415. The Bertz CT molecular complexity index is 1340. The lowest BCUT2D eigenvalue weighted by Gasteiger charge is -2.57. The van der Waals surface area contributed by atoms with Crippen LogP contribution in [0.15, 0.2) is 42.5 Å². The molecule has 2 amide bonds. The van der Waals surface area contributed by atoms with Crippen LogP contribution in [0.25, 0.3) is 0 Å². The second-order valence-electron chi connectivity index (χ2n) is 12.0. The summed E-state index contributed by atoms with van der Waals surface area (Å²) in [5.74, 6) is 1.48. The van der Waals surface area contributed by atoms with Gasteiger partial charge in [-0.15, -0.1) is 0 Å². The summed E-state index contributed by atoms with van der Waals surface area (Å²) in [4.78, 5) is 27.6. The van der Waals surface area contributed by atoms with Gasteiger partial charge < -0.3 is 10.2 Å². The van der Waals surface area contributed by atoms with E-state index in [0.717, 1.165) is 28.3 Å². The molecule has 0 saturated heterocycles. The predicted octanol–water partition coefficient (Wildman–Crippen LogP) is 5.39. The molecule has 7 nitrogen and oxygen atoms in total. The zero-order chi connectivity index (χ0) is 28.8. The van der Waals surface area contributed by atoms with Crippen LogP contribution in [0.3, 0.4) is 0 Å². The fraction of sp³-hybridized carbons (Fsp3) is 0.533. The topological polar surface area (TPSA) is 86.8 Å². The van der Waals surface area contributed by atoms with Crippen molar-refractivity contribution in [2.24, 2.45) is 17.8 Å². The second-order valence-corrected chi connectivity index (χ2v) is 14.7. The maximum absolute atomic E-state index is 13.7. The van der Waals surface area contributed by atoms with E-state index in [2.05, 4.69) is 17.4 Å². The number of halogens is 2. The standard InChI is InChI=1S/C30H37Cl2N3O4S/c1-19(29(37)33-2)34(17-25-26(31)5-4-6-27(25)32)28(36)18-35(40(3,38)39)24-9-7-23(8-10-24)30-14-20-11-21(15-30)13-22(12-20)16-30/h4-10,19-22H,11-18H2,1-3H3,(H,33,37)/t19-,20?,21?,22?,30?/m1/s1. The Kier molecular flexibility index (Phi) is 8.16. The van der Waals surface area contributed by atoms with Crippen molar-refractivity contribution >= 4 is 50.7 Å². The average Bonchev–Trinajstić information content (AvgIpc) is 2.89. The number of likely N-dealkylation sites (N-methyl/N-ethyl adjacent to an activating group) is 1. The lowest BCUT2D eigenvalue weighted by atomic mass is 9.48. The van der Waals surface area contributed by atoms with Gasteiger partial charge in [-0.05, 0) is 98.4 Å². The fourth-order valence-corrected chi connectivity index (χ4v) is 9.07. The Morgan fingerprint density at radius 2 is 1.50 bits per heavy atom. The number of hydrogen-bond acceptors (Lipinski definition) is 4. The summed E-state index contributed by atoms with van der Waals surface area (Å²) < 4.78 is 27.0. The number of benzene rings is 2. The predicted molar refractivity (Wildman–Crippen MR) is 159 cm³/mol. The third kappa shape index (κ3) is 5.72. The molecule has 40 heavy (non-hydrogen) atoms. The molecular weight excluding hydrogens is 569 g/mol. The molecule has 0 aromatic heterocycles. The van der Waals surface area contributed by atoms with Gasteiger partial charge >= 0.3 is 0 Å². The van der Waals surface area contributed by atoms with Gasteiger partial charge in [0.05, 0.1) is 11.9 Å². The number of nitrogens with zero attached hydrogens (tertiary/aromatic N) is 2. The van der Waals surface area contributed by atoms with Crippen molar-refractivity contribution < 1.29 is 18.0 Å². The summed E-state index contributed by atoms with van der Waals surface area (Å²) >= 11 is 12.7. The van der Waals surface area contributed by atoms with E-state index >= 15 is 0 Å². The minimum absolute atomic E-state index is 0.0471. The number of carbonyl (C=O) groups is 2. The Labute approximate surface area is 247 Å². The van der Waals surface area contributed by atoms with Crippen molar-refractivity contribution in [1.82, 2.24) is 10.2 Å². The normalized spacial score (nSPS) is 25.9. The Balaban J connectivity index is 1.41. The maximum atomic E-state index is 13.7. The molecule has 2 aromatic carbocycles. The first-order valence-electron chi connectivity index (χ1n) is 13.9. The number of amides is 2. The van der Waals surface area contributed by atoms with Crippen LogP contribution in [0.2, 0.25) is 10.0 Å². The highest BCUT2D eigenvalue weighted by Crippen LogP contribution is 2.60. The third-order valence-electron chi connectivity index (χ3n) is 9.29. The van der Waals surface area contributed by atoms with E-state index in [9.17, 15) is 18.0 Å². The number of rotatable bonds is 9. The zero-order valence-corrected chi connectivity index (χ0v) is 25.5. The van der Waals surface area contributed by atoms with Gasteiger partial charge in [-0.2, -0.15) is 0 Å². The van der Waals surface area contributed by atoms with Gasteiger partial charge in [0, 0.05) is 29.2 Å². The molecule has 1 atom stereocenters. The maximum Gasteiger partial charge on any atom is 0.244 e. The summed E-state index contributed by atoms with van der Waals surface area (Å²) in [5.41, 5.74) is 2.37. The van der Waals surface area contributed by atoms with Crippen molar-refractivity contribution in [1.29, 1.82) is 0 Å².